The lowest BCUT2D eigenvalue weighted by atomic mass is 9.43. The number of aliphatic hydroxyl groups excluding tert-OH is 1. The monoisotopic (exact) mass is 1300 g/mol. The Hall–Kier alpha value is -7.37. The van der Waals surface area contributed by atoms with E-state index in [4.69, 9.17) is 28.4 Å². The van der Waals surface area contributed by atoms with Crippen molar-refractivity contribution in [3.05, 3.63) is 149 Å². The molecule has 4 aliphatic carbocycles. The highest BCUT2D eigenvalue weighted by atomic mass is 33.1. The van der Waals surface area contributed by atoms with Gasteiger partial charge in [0.2, 0.25) is 17.9 Å². The Morgan fingerprint density at radius 1 is 0.837 bits per heavy atom. The molecule has 1 aliphatic heterocycles. The second-order valence-corrected chi connectivity index (χ2v) is 28.0. The first-order valence-corrected chi connectivity index (χ1v) is 34.1. The molecular weight excluding hydrogens is 1220 g/mol. The van der Waals surface area contributed by atoms with E-state index < -0.39 is 130 Å². The Bertz CT molecular complexity index is 3430. The number of hydrazone groups is 1. The van der Waals surface area contributed by atoms with Gasteiger partial charge >= 0.3 is 23.9 Å². The minimum absolute atomic E-state index is 0.0313. The quantitative estimate of drug-likeness (QED) is 0.0103. The molecule has 4 fully saturated rings. The largest absolute Gasteiger partial charge is 0.494 e. The predicted octanol–water partition coefficient (Wildman–Crippen LogP) is 8.97. The molecular formula is C70H84N4O16S2. The van der Waals surface area contributed by atoms with Crippen molar-refractivity contribution in [1.29, 1.82) is 0 Å². The van der Waals surface area contributed by atoms with Gasteiger partial charge in [-0.15, -0.1) is 0 Å². The molecule has 3 amide bonds. The van der Waals surface area contributed by atoms with Crippen molar-refractivity contribution in [2.45, 2.75) is 148 Å². The van der Waals surface area contributed by atoms with Gasteiger partial charge < -0.3 is 49.3 Å². The molecule has 9 rings (SSSR count). The number of rotatable bonds is 23. The Labute approximate surface area is 545 Å². The van der Waals surface area contributed by atoms with Gasteiger partial charge in [0.1, 0.15) is 41.5 Å². The minimum atomic E-state index is -2.33. The number of hydrogen-bond donors (Lipinski definition) is 4. The summed E-state index contributed by atoms with van der Waals surface area (Å²) in [6, 6.07) is 30.3. The summed E-state index contributed by atoms with van der Waals surface area (Å²) in [6.07, 6.45) is -3.84. The Morgan fingerprint density at radius 2 is 1.47 bits per heavy atom. The van der Waals surface area contributed by atoms with E-state index in [2.05, 4.69) is 15.7 Å². The van der Waals surface area contributed by atoms with Crippen molar-refractivity contribution in [2.24, 2.45) is 39.6 Å². The van der Waals surface area contributed by atoms with Crippen molar-refractivity contribution in [2.75, 3.05) is 38.8 Å². The number of carbonyl (C=O) groups excluding carboxylic acids is 8. The molecule has 5 aliphatic rings. The topological polar surface area (TPSA) is 272 Å². The van der Waals surface area contributed by atoms with Gasteiger partial charge in [0.05, 0.1) is 53.8 Å². The summed E-state index contributed by atoms with van der Waals surface area (Å²) in [5, 5.41) is 38.1. The fraction of sp³-hybridized carbons (Fsp3) is 0.500. The van der Waals surface area contributed by atoms with E-state index in [9.17, 15) is 34.2 Å². The van der Waals surface area contributed by atoms with Gasteiger partial charge in [-0.25, -0.2) is 14.6 Å². The van der Waals surface area contributed by atoms with Crippen molar-refractivity contribution < 1.29 is 77.0 Å². The van der Waals surface area contributed by atoms with Crippen LogP contribution in [0.1, 0.15) is 138 Å². The summed E-state index contributed by atoms with van der Waals surface area (Å²) in [5.74, 6) is -8.62. The third-order valence-electron chi connectivity index (χ3n) is 19.5. The number of carbonyl (C=O) groups is 8. The second-order valence-electron chi connectivity index (χ2n) is 25.4. The molecule has 92 heavy (non-hydrogen) atoms. The molecule has 0 radical (unpaired) electrons. The van der Waals surface area contributed by atoms with Crippen LogP contribution in [0.2, 0.25) is 0 Å². The Balaban J connectivity index is 1.04. The average molecular weight is 1300 g/mol. The van der Waals surface area contributed by atoms with Crippen molar-refractivity contribution in [3.63, 3.8) is 0 Å². The van der Waals surface area contributed by atoms with Crippen LogP contribution >= 0.6 is 21.6 Å². The molecule has 0 aromatic heterocycles. The number of Topliss-reactive ketones (excluding diaryl/α,β-unsaturated/α-hetero) is 1. The number of esters is 4. The first kappa shape index (κ1) is 69.0. The zero-order valence-corrected chi connectivity index (χ0v) is 55.2. The normalized spacial score (nSPS) is 27.9. The number of benzene rings is 4. The van der Waals surface area contributed by atoms with E-state index in [0.717, 1.165) is 5.75 Å². The smallest absolute Gasteiger partial charge is 0.350 e. The zero-order chi connectivity index (χ0) is 66.3. The van der Waals surface area contributed by atoms with Crippen LogP contribution in [0.3, 0.4) is 0 Å². The third-order valence-corrected chi connectivity index (χ3v) is 21.3. The summed E-state index contributed by atoms with van der Waals surface area (Å²) in [7, 11) is 4.84. The number of fused-ring (bicyclic) bond motifs is 5. The first-order chi connectivity index (χ1) is 43.9. The molecule has 2 unspecified atom stereocenters. The highest BCUT2D eigenvalue weighted by Gasteiger charge is 2.77. The maximum atomic E-state index is 15.8. The molecule has 20 nitrogen and oxygen atoms in total. The van der Waals surface area contributed by atoms with Crippen LogP contribution in [0.4, 0.5) is 0 Å². The zero-order valence-electron chi connectivity index (χ0n) is 53.5. The highest BCUT2D eigenvalue weighted by molar-refractivity contribution is 8.76. The minimum Gasteiger partial charge on any atom is -0.494 e. The SMILES string of the molecule is CSSCCNC(=O)CCCOc1ccc(/C(C)=N/N(C)C(=O)C2CCCCC2C(=O)O[C@@H](C(=O)O[C@H]2C[C@]3(O)[C@@H](OC(=O)c4ccccc4)[C@@H]4[C@]5(OC(C)=O)CO[C@@H]5C[C@H](O)[C@@]4(C)C(=O)[C@H](C)C(=C2C)C3(C)C)[C@@H](NC(=O)c2ccccc2)c2ccccc2)cc1. The fourth-order valence-corrected chi connectivity index (χ4v) is 15.8. The summed E-state index contributed by atoms with van der Waals surface area (Å²) in [6.45, 7) is 11.9. The van der Waals surface area contributed by atoms with E-state index in [1.165, 1.54) is 38.0 Å². The van der Waals surface area contributed by atoms with Crippen LogP contribution in [-0.4, -0.2) is 149 Å². The lowest BCUT2D eigenvalue weighted by molar-refractivity contribution is -0.345. The standard InChI is InChI=1S/C70H84N4O16S2/c1-41-52(39-70(84)61(89-64(81)48-26-17-12-18-27-48)59-68(7,60(78)42(2)56(41)67(70,5)6)53(76)38-54-69(59,40-86-54)90-44(4)75)87-66(83)58(57(46-22-13-10-14-23-46)72-62(79)47-24-15-11-16-25-47)88-65(82)51-29-20-19-28-50(51)63(80)74(8)73-43(3)45-31-33-49(34-32-45)85-36-21-30-55(77)71-35-37-92-91-9/h10-18,22-27,31-34,42,50-54,57-59,61,76,84H,19-21,28-30,35-40H2,1-9H3,(H,71,77)(H,72,79)/b73-43+/t42-,50?,51?,52+,53+,54-,57+,58-,59+,61+,68-,69+,70+/m1/s1. The molecule has 492 valence electrons. The van der Waals surface area contributed by atoms with Crippen LogP contribution in [0.5, 0.6) is 5.75 Å². The lowest BCUT2D eigenvalue weighted by Gasteiger charge is -2.67. The molecule has 4 N–H and O–H groups in total. The molecule has 13 atom stereocenters. The number of ether oxygens (including phenoxy) is 6. The number of amides is 3. The van der Waals surface area contributed by atoms with Gasteiger partial charge in [0.15, 0.2) is 5.60 Å². The van der Waals surface area contributed by atoms with Crippen LogP contribution < -0.4 is 15.4 Å². The number of aliphatic hydroxyl groups is 2. The summed E-state index contributed by atoms with van der Waals surface area (Å²) in [5.41, 5.74) is -4.91. The Kier molecular flexibility index (Phi) is 22.0. The van der Waals surface area contributed by atoms with E-state index in [1.807, 2.05) is 6.26 Å². The van der Waals surface area contributed by atoms with Gasteiger partial charge in [0, 0.05) is 62.4 Å². The molecule has 3 saturated carbocycles. The van der Waals surface area contributed by atoms with Gasteiger partial charge in [-0.3, -0.25) is 28.8 Å². The van der Waals surface area contributed by atoms with Crippen molar-refractivity contribution in [3.8, 4) is 5.75 Å². The molecule has 22 heteroatoms. The number of ketones is 1. The van der Waals surface area contributed by atoms with Crippen LogP contribution in [0, 0.1) is 34.5 Å². The van der Waals surface area contributed by atoms with E-state index in [0.29, 0.717) is 72.6 Å². The van der Waals surface area contributed by atoms with E-state index >= 15 is 14.4 Å². The molecule has 1 saturated heterocycles. The third kappa shape index (κ3) is 14.1. The maximum absolute atomic E-state index is 15.8. The maximum Gasteiger partial charge on any atom is 0.350 e. The van der Waals surface area contributed by atoms with Crippen LogP contribution in [0.25, 0.3) is 0 Å². The first-order valence-electron chi connectivity index (χ1n) is 31.4. The van der Waals surface area contributed by atoms with E-state index in [-0.39, 0.29) is 42.9 Å². The molecule has 1 heterocycles. The van der Waals surface area contributed by atoms with Crippen LogP contribution in [0.15, 0.2) is 132 Å². The van der Waals surface area contributed by atoms with Gasteiger partial charge in [-0.2, -0.15) is 5.10 Å². The molecule has 2 bridgehead atoms. The molecule has 4 aromatic rings. The van der Waals surface area contributed by atoms with Crippen molar-refractivity contribution in [1.82, 2.24) is 15.6 Å². The lowest BCUT2D eigenvalue weighted by Crippen LogP contribution is -2.81. The molecule has 4 aromatic carbocycles. The summed E-state index contributed by atoms with van der Waals surface area (Å²) in [4.78, 5) is 116. The molecule has 0 spiro atoms. The summed E-state index contributed by atoms with van der Waals surface area (Å²) >= 11 is 0. The summed E-state index contributed by atoms with van der Waals surface area (Å²) < 4.78 is 37.8. The Morgan fingerprint density at radius 3 is 2.09 bits per heavy atom. The predicted molar refractivity (Wildman–Crippen MR) is 346 cm³/mol. The number of hydrogen-bond acceptors (Lipinski definition) is 19. The second kappa shape index (κ2) is 29.3. The highest BCUT2D eigenvalue weighted by Crippen LogP contribution is 2.65. The average Bonchev–Trinajstić information content (AvgIpc) is 0.671. The van der Waals surface area contributed by atoms with Gasteiger partial charge in [-0.05, 0) is 117 Å². The number of nitrogens with one attached hydrogen (secondary N) is 2. The van der Waals surface area contributed by atoms with Gasteiger partial charge in [-0.1, -0.05) is 122 Å². The van der Waals surface area contributed by atoms with Crippen LogP contribution in [-0.2, 0) is 52.5 Å². The number of nitrogens with zero attached hydrogens (tertiary/aromatic N) is 2. The van der Waals surface area contributed by atoms with Gasteiger partial charge in [0.25, 0.3) is 5.91 Å². The van der Waals surface area contributed by atoms with Crippen molar-refractivity contribution >= 4 is 74.7 Å². The fourth-order valence-electron chi connectivity index (χ4n) is 14.7. The van der Waals surface area contributed by atoms with E-state index in [1.54, 1.807) is 159 Å².